The van der Waals surface area contributed by atoms with E-state index in [9.17, 15) is 8.42 Å². The van der Waals surface area contributed by atoms with Crippen molar-refractivity contribution in [1.29, 1.82) is 0 Å². The van der Waals surface area contributed by atoms with Crippen molar-refractivity contribution >= 4 is 21.4 Å². The number of hydrogen-bond donors (Lipinski definition) is 2. The topological polar surface area (TPSA) is 90.0 Å². The van der Waals surface area contributed by atoms with Gasteiger partial charge in [-0.1, -0.05) is 0 Å². The maximum absolute atomic E-state index is 12.1. The largest absolute Gasteiger partial charge is 0.337 e. The quantitative estimate of drug-likeness (QED) is 0.833. The van der Waals surface area contributed by atoms with E-state index in [1.54, 1.807) is 28.4 Å². The first kappa shape index (κ1) is 13.2. The smallest absolute Gasteiger partial charge is 0.242 e. The first-order valence-electron chi connectivity index (χ1n) is 5.27. The fourth-order valence-corrected chi connectivity index (χ4v) is 3.83. The molecule has 0 bridgehead atoms. The number of nitrogens with one attached hydrogen (secondary N) is 1. The number of rotatable bonds is 5. The summed E-state index contributed by atoms with van der Waals surface area (Å²) in [6.45, 7) is 0.377. The lowest BCUT2D eigenvalue weighted by Crippen LogP contribution is -2.25. The molecule has 98 valence electrons. The molecule has 0 aliphatic heterocycles. The van der Waals surface area contributed by atoms with Gasteiger partial charge in [0.25, 0.3) is 0 Å². The van der Waals surface area contributed by atoms with Gasteiger partial charge in [0.05, 0.1) is 11.4 Å². The first-order chi connectivity index (χ1) is 8.54. The summed E-state index contributed by atoms with van der Waals surface area (Å²) in [7, 11) is -1.71. The van der Waals surface area contributed by atoms with Crippen molar-refractivity contribution in [2.45, 2.75) is 18.0 Å². The third-order valence-electron chi connectivity index (χ3n) is 2.52. The lowest BCUT2D eigenvalue weighted by atomic mass is 10.5. The minimum Gasteiger partial charge on any atom is -0.337 e. The first-order valence-corrected chi connectivity index (χ1v) is 7.63. The molecule has 18 heavy (non-hydrogen) atoms. The lowest BCUT2D eigenvalue weighted by Gasteiger charge is -2.06. The summed E-state index contributed by atoms with van der Waals surface area (Å²) in [4.78, 5) is 4.97. The van der Waals surface area contributed by atoms with E-state index in [2.05, 4.69) is 9.71 Å². The van der Waals surface area contributed by atoms with E-state index in [4.69, 9.17) is 5.73 Å². The molecule has 0 spiro atoms. The molecule has 0 unspecified atom stereocenters. The molecular formula is C10H14N4O2S2. The Bertz CT molecular complexity index is 630. The van der Waals surface area contributed by atoms with E-state index in [0.717, 1.165) is 0 Å². The molecule has 2 heterocycles. The average Bonchev–Trinajstić information content (AvgIpc) is 2.95. The minimum absolute atomic E-state index is 0.158. The highest BCUT2D eigenvalue weighted by molar-refractivity contribution is 7.89. The van der Waals surface area contributed by atoms with Crippen LogP contribution in [0.1, 0.15) is 10.7 Å². The molecule has 0 aromatic carbocycles. The second-order valence-electron chi connectivity index (χ2n) is 3.69. The molecule has 0 saturated heterocycles. The molecule has 0 radical (unpaired) electrons. The average molecular weight is 286 g/mol. The van der Waals surface area contributed by atoms with Crippen molar-refractivity contribution in [3.63, 3.8) is 0 Å². The Balaban J connectivity index is 2.16. The fraction of sp³-hybridized carbons (Fsp3) is 0.300. The molecule has 3 N–H and O–H groups in total. The van der Waals surface area contributed by atoms with Gasteiger partial charge in [-0.05, 0) is 11.4 Å². The summed E-state index contributed by atoms with van der Waals surface area (Å²) in [5, 5.41) is 1.72. The van der Waals surface area contributed by atoms with Gasteiger partial charge in [-0.15, -0.1) is 11.3 Å². The summed E-state index contributed by atoms with van der Waals surface area (Å²) < 4.78 is 28.4. The summed E-state index contributed by atoms with van der Waals surface area (Å²) in [5.41, 5.74) is 5.51. The zero-order valence-electron chi connectivity index (χ0n) is 9.83. The van der Waals surface area contributed by atoms with Crippen molar-refractivity contribution in [1.82, 2.24) is 14.3 Å². The summed E-state index contributed by atoms with van der Waals surface area (Å²) in [5.74, 6) is 0.656. The number of nitrogens with two attached hydrogens (primary N) is 1. The predicted molar refractivity (Wildman–Crippen MR) is 69.4 cm³/mol. The second kappa shape index (κ2) is 5.19. The maximum Gasteiger partial charge on any atom is 0.242 e. The van der Waals surface area contributed by atoms with Gasteiger partial charge in [-0.25, -0.2) is 18.1 Å². The summed E-state index contributed by atoms with van der Waals surface area (Å²) >= 11 is 1.34. The van der Waals surface area contributed by atoms with Crippen LogP contribution in [0, 0.1) is 0 Å². The summed E-state index contributed by atoms with van der Waals surface area (Å²) in [6, 6.07) is 1.56. The summed E-state index contributed by atoms with van der Waals surface area (Å²) in [6.07, 6.45) is 3.39. The fourth-order valence-electron chi connectivity index (χ4n) is 1.52. The van der Waals surface area contributed by atoms with Gasteiger partial charge in [0.1, 0.15) is 5.82 Å². The van der Waals surface area contributed by atoms with Crippen LogP contribution >= 0.6 is 11.3 Å². The predicted octanol–water partition coefficient (Wildman–Crippen LogP) is 0.419. The van der Waals surface area contributed by atoms with Crippen LogP contribution in [0.25, 0.3) is 0 Å². The van der Waals surface area contributed by atoms with Gasteiger partial charge in [0, 0.05) is 30.9 Å². The van der Waals surface area contributed by atoms with Crippen LogP contribution in [0.5, 0.6) is 0 Å². The molecule has 0 fully saturated rings. The highest BCUT2D eigenvalue weighted by atomic mass is 32.2. The van der Waals surface area contributed by atoms with Crippen LogP contribution in [-0.4, -0.2) is 18.0 Å². The van der Waals surface area contributed by atoms with Crippen LogP contribution < -0.4 is 10.5 Å². The van der Waals surface area contributed by atoms with Crippen molar-refractivity contribution < 1.29 is 8.42 Å². The number of sulfonamides is 1. The number of imidazole rings is 1. The van der Waals surface area contributed by atoms with Crippen molar-refractivity contribution in [3.05, 3.63) is 34.5 Å². The monoisotopic (exact) mass is 286 g/mol. The number of thiophene rings is 1. The second-order valence-corrected chi connectivity index (χ2v) is 6.43. The van der Waals surface area contributed by atoms with Gasteiger partial charge >= 0.3 is 0 Å². The number of aromatic nitrogens is 2. The van der Waals surface area contributed by atoms with Gasteiger partial charge in [0.15, 0.2) is 0 Å². The molecule has 2 rings (SSSR count). The molecule has 0 saturated carbocycles. The van der Waals surface area contributed by atoms with E-state index >= 15 is 0 Å². The molecule has 0 atom stereocenters. The normalized spacial score (nSPS) is 11.9. The van der Waals surface area contributed by atoms with Gasteiger partial charge < -0.3 is 10.3 Å². The Hall–Kier alpha value is -1.22. The van der Waals surface area contributed by atoms with Crippen molar-refractivity contribution in [2.24, 2.45) is 12.8 Å². The number of nitrogens with zero attached hydrogens (tertiary/aromatic N) is 2. The standard InChI is InChI=1S/C10H14N4O2S2/c1-14-4-3-12-10(14)7-13-18(15,16)9-2-5-17-8(9)6-11/h2-5,13H,6-7,11H2,1H3. The highest BCUT2D eigenvalue weighted by Crippen LogP contribution is 2.21. The maximum atomic E-state index is 12.1. The zero-order chi connectivity index (χ0) is 13.2. The molecular weight excluding hydrogens is 272 g/mol. The van der Waals surface area contributed by atoms with E-state index in [0.29, 0.717) is 10.7 Å². The molecule has 2 aromatic heterocycles. The van der Waals surface area contributed by atoms with Crippen LogP contribution in [-0.2, 0) is 30.2 Å². The van der Waals surface area contributed by atoms with Crippen molar-refractivity contribution in [2.75, 3.05) is 0 Å². The molecule has 6 nitrogen and oxygen atoms in total. The Morgan fingerprint density at radius 2 is 2.33 bits per heavy atom. The van der Waals surface area contributed by atoms with E-state index in [1.807, 2.05) is 7.05 Å². The van der Waals surface area contributed by atoms with E-state index < -0.39 is 10.0 Å². The van der Waals surface area contributed by atoms with Crippen molar-refractivity contribution in [3.8, 4) is 0 Å². The van der Waals surface area contributed by atoms with Crippen LogP contribution in [0.4, 0.5) is 0 Å². The Morgan fingerprint density at radius 3 is 2.94 bits per heavy atom. The Kier molecular flexibility index (Phi) is 3.81. The molecule has 0 amide bonds. The number of aryl methyl sites for hydroxylation is 1. The third-order valence-corrected chi connectivity index (χ3v) is 5.08. The van der Waals surface area contributed by atoms with Crippen LogP contribution in [0.2, 0.25) is 0 Å². The van der Waals surface area contributed by atoms with E-state index in [-0.39, 0.29) is 18.0 Å². The minimum atomic E-state index is -3.53. The van der Waals surface area contributed by atoms with E-state index in [1.165, 1.54) is 11.3 Å². The third kappa shape index (κ3) is 2.61. The molecule has 0 aliphatic rings. The van der Waals surface area contributed by atoms with Gasteiger partial charge in [-0.3, -0.25) is 0 Å². The van der Waals surface area contributed by atoms with Crippen LogP contribution in [0.3, 0.4) is 0 Å². The molecule has 8 heteroatoms. The number of hydrogen-bond acceptors (Lipinski definition) is 5. The lowest BCUT2D eigenvalue weighted by molar-refractivity contribution is 0.577. The SMILES string of the molecule is Cn1ccnc1CNS(=O)(=O)c1ccsc1CN. The van der Waals surface area contributed by atoms with Gasteiger partial charge in [-0.2, -0.15) is 0 Å². The highest BCUT2D eigenvalue weighted by Gasteiger charge is 2.19. The Labute approximate surface area is 110 Å². The Morgan fingerprint density at radius 1 is 1.56 bits per heavy atom. The molecule has 2 aromatic rings. The molecule has 0 aliphatic carbocycles. The van der Waals surface area contributed by atoms with Crippen LogP contribution in [0.15, 0.2) is 28.7 Å². The zero-order valence-corrected chi connectivity index (χ0v) is 11.5. The van der Waals surface area contributed by atoms with Gasteiger partial charge in [0.2, 0.25) is 10.0 Å².